The van der Waals surface area contributed by atoms with E-state index in [9.17, 15) is 14.0 Å². The number of halogens is 1. The minimum absolute atomic E-state index is 0.0983. The van der Waals surface area contributed by atoms with Gasteiger partial charge in [0.05, 0.1) is 6.42 Å². The summed E-state index contributed by atoms with van der Waals surface area (Å²) in [7, 11) is 1.68. The number of hydrogen-bond donors (Lipinski definition) is 1. The normalized spacial score (nSPS) is 10.1. The Morgan fingerprint density at radius 2 is 1.64 bits per heavy atom. The molecule has 0 aliphatic rings. The fourth-order valence-corrected chi connectivity index (χ4v) is 2.01. The van der Waals surface area contributed by atoms with Crippen LogP contribution in [0, 0.1) is 5.82 Å². The Labute approximate surface area is 128 Å². The van der Waals surface area contributed by atoms with Crippen molar-refractivity contribution in [3.05, 3.63) is 59.9 Å². The number of rotatable bonds is 4. The molecule has 0 heterocycles. The van der Waals surface area contributed by atoms with E-state index in [2.05, 4.69) is 5.32 Å². The number of likely N-dealkylation sites (N-methyl/N-ethyl adjacent to an activating group) is 1. The van der Waals surface area contributed by atoms with E-state index in [-0.39, 0.29) is 24.1 Å². The third-order valence-electron chi connectivity index (χ3n) is 3.22. The molecule has 0 fully saturated rings. The van der Waals surface area contributed by atoms with Crippen LogP contribution in [0.15, 0.2) is 48.5 Å². The minimum Gasteiger partial charge on any atom is -0.326 e. The van der Waals surface area contributed by atoms with Crippen molar-refractivity contribution in [3.63, 3.8) is 0 Å². The Morgan fingerprint density at radius 1 is 1.05 bits per heavy atom. The molecule has 2 amide bonds. The predicted octanol–water partition coefficient (Wildman–Crippen LogP) is 2.99. The number of carbonyl (C=O) groups is 2. The first-order valence-electron chi connectivity index (χ1n) is 6.84. The zero-order valence-corrected chi connectivity index (χ0v) is 12.5. The first kappa shape index (κ1) is 15.7. The van der Waals surface area contributed by atoms with E-state index < -0.39 is 0 Å². The first-order chi connectivity index (χ1) is 10.5. The maximum atomic E-state index is 12.9. The summed E-state index contributed by atoms with van der Waals surface area (Å²) in [5.41, 5.74) is 2.16. The first-order valence-corrected chi connectivity index (χ1v) is 6.84. The summed E-state index contributed by atoms with van der Waals surface area (Å²) >= 11 is 0. The van der Waals surface area contributed by atoms with Crippen LogP contribution in [0.1, 0.15) is 12.5 Å². The summed E-state index contributed by atoms with van der Waals surface area (Å²) in [6.07, 6.45) is 0.199. The monoisotopic (exact) mass is 300 g/mol. The summed E-state index contributed by atoms with van der Waals surface area (Å²) < 4.78 is 12.9. The van der Waals surface area contributed by atoms with Gasteiger partial charge in [-0.2, -0.15) is 0 Å². The largest absolute Gasteiger partial charge is 0.326 e. The van der Waals surface area contributed by atoms with E-state index in [4.69, 9.17) is 0 Å². The summed E-state index contributed by atoms with van der Waals surface area (Å²) in [6, 6.07) is 12.9. The highest BCUT2D eigenvalue weighted by atomic mass is 19.1. The molecule has 0 saturated heterocycles. The molecular weight excluding hydrogens is 283 g/mol. The summed E-state index contributed by atoms with van der Waals surface area (Å²) in [6.45, 7) is 1.44. The topological polar surface area (TPSA) is 49.4 Å². The van der Waals surface area contributed by atoms with Gasteiger partial charge < -0.3 is 10.2 Å². The summed E-state index contributed by atoms with van der Waals surface area (Å²) in [5.74, 6) is -0.564. The standard InChI is InChI=1S/C17H17FN2O2/c1-12(21)19-15-7-9-16(10-8-15)20(2)17(22)11-13-3-5-14(18)6-4-13/h3-10H,11H2,1-2H3,(H,19,21). The molecule has 2 aromatic carbocycles. The van der Waals surface area contributed by atoms with E-state index in [0.29, 0.717) is 5.69 Å². The number of nitrogens with one attached hydrogen (secondary N) is 1. The highest BCUT2D eigenvalue weighted by Gasteiger charge is 2.12. The molecule has 1 N–H and O–H groups in total. The van der Waals surface area contributed by atoms with Crippen molar-refractivity contribution in [1.82, 2.24) is 0 Å². The Kier molecular flexibility index (Phi) is 4.88. The highest BCUT2D eigenvalue weighted by molar-refractivity contribution is 5.95. The van der Waals surface area contributed by atoms with Crippen LogP contribution in [0.5, 0.6) is 0 Å². The fraction of sp³-hybridized carbons (Fsp3) is 0.176. The molecule has 0 atom stereocenters. The Balaban J connectivity index is 2.03. The predicted molar refractivity (Wildman–Crippen MR) is 84.3 cm³/mol. The molecule has 5 heteroatoms. The van der Waals surface area contributed by atoms with Crippen LogP contribution in [-0.4, -0.2) is 18.9 Å². The average molecular weight is 300 g/mol. The zero-order chi connectivity index (χ0) is 16.1. The lowest BCUT2D eigenvalue weighted by Gasteiger charge is -2.18. The second-order valence-electron chi connectivity index (χ2n) is 4.98. The van der Waals surface area contributed by atoms with Crippen molar-refractivity contribution in [2.45, 2.75) is 13.3 Å². The molecule has 0 saturated carbocycles. The van der Waals surface area contributed by atoms with Crippen molar-refractivity contribution in [2.75, 3.05) is 17.3 Å². The van der Waals surface area contributed by atoms with Crippen molar-refractivity contribution in [3.8, 4) is 0 Å². The third kappa shape index (κ3) is 4.15. The van der Waals surface area contributed by atoms with Crippen LogP contribution in [0.4, 0.5) is 15.8 Å². The second-order valence-corrected chi connectivity index (χ2v) is 4.98. The van der Waals surface area contributed by atoms with E-state index >= 15 is 0 Å². The second kappa shape index (κ2) is 6.85. The number of nitrogens with zero attached hydrogens (tertiary/aromatic N) is 1. The molecule has 0 spiro atoms. The van der Waals surface area contributed by atoms with Gasteiger partial charge in [0.1, 0.15) is 5.82 Å². The Hall–Kier alpha value is -2.69. The van der Waals surface area contributed by atoms with Crippen LogP contribution >= 0.6 is 0 Å². The summed E-state index contributed by atoms with van der Waals surface area (Å²) in [5, 5.41) is 2.67. The number of amides is 2. The molecule has 0 aromatic heterocycles. The Bertz CT molecular complexity index is 666. The van der Waals surface area contributed by atoms with Gasteiger partial charge in [-0.05, 0) is 42.0 Å². The molecule has 0 aliphatic heterocycles. The van der Waals surface area contributed by atoms with Gasteiger partial charge in [-0.15, -0.1) is 0 Å². The third-order valence-corrected chi connectivity index (χ3v) is 3.22. The van der Waals surface area contributed by atoms with E-state index in [0.717, 1.165) is 11.3 Å². The number of hydrogen-bond acceptors (Lipinski definition) is 2. The molecule has 2 rings (SSSR count). The molecule has 22 heavy (non-hydrogen) atoms. The van der Waals surface area contributed by atoms with Gasteiger partial charge in [0, 0.05) is 25.3 Å². The average Bonchev–Trinajstić information content (AvgIpc) is 2.49. The van der Waals surface area contributed by atoms with Gasteiger partial charge in [-0.3, -0.25) is 9.59 Å². The maximum absolute atomic E-state index is 12.9. The van der Waals surface area contributed by atoms with Crippen molar-refractivity contribution >= 4 is 23.2 Å². The summed E-state index contributed by atoms with van der Waals surface area (Å²) in [4.78, 5) is 24.7. The van der Waals surface area contributed by atoms with Crippen LogP contribution in [0.25, 0.3) is 0 Å². The number of anilines is 2. The van der Waals surface area contributed by atoms with Gasteiger partial charge in [0.2, 0.25) is 11.8 Å². The highest BCUT2D eigenvalue weighted by Crippen LogP contribution is 2.18. The van der Waals surface area contributed by atoms with Crippen LogP contribution in [-0.2, 0) is 16.0 Å². The lowest BCUT2D eigenvalue weighted by atomic mass is 10.1. The fourth-order valence-electron chi connectivity index (χ4n) is 2.01. The van der Waals surface area contributed by atoms with E-state index in [1.54, 1.807) is 43.4 Å². The van der Waals surface area contributed by atoms with Crippen molar-refractivity contribution in [1.29, 1.82) is 0 Å². The smallest absolute Gasteiger partial charge is 0.231 e. The van der Waals surface area contributed by atoms with Crippen LogP contribution < -0.4 is 10.2 Å². The lowest BCUT2D eigenvalue weighted by Crippen LogP contribution is -2.27. The Morgan fingerprint density at radius 3 is 2.18 bits per heavy atom. The zero-order valence-electron chi connectivity index (χ0n) is 12.5. The van der Waals surface area contributed by atoms with E-state index in [1.807, 2.05) is 0 Å². The molecule has 0 bridgehead atoms. The maximum Gasteiger partial charge on any atom is 0.231 e. The van der Waals surface area contributed by atoms with Gasteiger partial charge in [-0.25, -0.2) is 4.39 Å². The number of carbonyl (C=O) groups excluding carboxylic acids is 2. The molecule has 0 aliphatic carbocycles. The number of benzene rings is 2. The molecule has 0 unspecified atom stereocenters. The SMILES string of the molecule is CC(=O)Nc1ccc(N(C)C(=O)Cc2ccc(F)cc2)cc1. The van der Waals surface area contributed by atoms with Gasteiger partial charge in [0.15, 0.2) is 0 Å². The molecule has 4 nitrogen and oxygen atoms in total. The van der Waals surface area contributed by atoms with Gasteiger partial charge in [0.25, 0.3) is 0 Å². The molecule has 114 valence electrons. The molecule has 0 radical (unpaired) electrons. The van der Waals surface area contributed by atoms with Gasteiger partial charge >= 0.3 is 0 Å². The quantitative estimate of drug-likeness (QED) is 0.943. The minimum atomic E-state index is -0.321. The van der Waals surface area contributed by atoms with Crippen LogP contribution in [0.3, 0.4) is 0 Å². The molecule has 2 aromatic rings. The lowest BCUT2D eigenvalue weighted by molar-refractivity contribution is -0.117. The molecular formula is C17H17FN2O2. The van der Waals surface area contributed by atoms with E-state index in [1.165, 1.54) is 24.0 Å². The van der Waals surface area contributed by atoms with Crippen LogP contribution in [0.2, 0.25) is 0 Å². The van der Waals surface area contributed by atoms with Gasteiger partial charge in [-0.1, -0.05) is 12.1 Å². The van der Waals surface area contributed by atoms with Crippen molar-refractivity contribution in [2.24, 2.45) is 0 Å². The van der Waals surface area contributed by atoms with Crippen molar-refractivity contribution < 1.29 is 14.0 Å².